The summed E-state index contributed by atoms with van der Waals surface area (Å²) in [6, 6.07) is 28.6. The van der Waals surface area contributed by atoms with Crippen molar-refractivity contribution in [1.82, 2.24) is 0 Å². The molecular weight excluding hydrogens is 614 g/mol. The molecule has 256 valence electrons. The van der Waals surface area contributed by atoms with Gasteiger partial charge in [0, 0.05) is 4.91 Å². The van der Waals surface area contributed by atoms with Crippen LogP contribution >= 0.6 is 0 Å². The van der Waals surface area contributed by atoms with Crippen molar-refractivity contribution < 1.29 is 38.3 Å². The summed E-state index contributed by atoms with van der Waals surface area (Å²) in [5.74, 6) is -1.09. The van der Waals surface area contributed by atoms with Crippen LogP contribution in [0.5, 0.6) is 0 Å². The number of aliphatic hydroxyl groups excluding tert-OH is 1. The number of rotatable bonds is 14. The van der Waals surface area contributed by atoms with Crippen molar-refractivity contribution in [2.75, 3.05) is 0 Å². The zero-order valence-electron chi connectivity index (χ0n) is 27.6. The molecule has 0 unspecified atom stereocenters. The van der Waals surface area contributed by atoms with Crippen molar-refractivity contribution >= 4 is 5.97 Å². The van der Waals surface area contributed by atoms with Crippen molar-refractivity contribution in [2.45, 2.75) is 108 Å². The predicted molar refractivity (Wildman–Crippen MR) is 177 cm³/mol. The van der Waals surface area contributed by atoms with Crippen LogP contribution in [0, 0.1) is 5.92 Å². The van der Waals surface area contributed by atoms with Gasteiger partial charge >= 0.3 is 5.97 Å². The van der Waals surface area contributed by atoms with Crippen molar-refractivity contribution in [3.8, 4) is 0 Å². The minimum atomic E-state index is -1.14. The molecule has 2 fully saturated rings. The maximum Gasteiger partial charge on any atom is 0.309 e. The van der Waals surface area contributed by atoms with Crippen molar-refractivity contribution in [2.24, 2.45) is 11.0 Å². The maximum absolute atomic E-state index is 12.8. The molecule has 1 aliphatic heterocycles. The number of azide groups is 1. The monoisotopic (exact) mass is 659 g/mol. The Morgan fingerprint density at radius 1 is 0.812 bits per heavy atom. The number of carbonyl (C=O) groups is 1. The van der Waals surface area contributed by atoms with E-state index < -0.39 is 60.8 Å². The average Bonchev–Trinajstić information content (AvgIpc) is 3.09. The summed E-state index contributed by atoms with van der Waals surface area (Å²) in [6.45, 7) is 6.26. The Balaban J connectivity index is 1.43. The van der Waals surface area contributed by atoms with Gasteiger partial charge in [-0.1, -0.05) is 96.1 Å². The van der Waals surface area contributed by atoms with Gasteiger partial charge < -0.3 is 33.5 Å². The molecule has 1 N–H and O–H groups in total. The van der Waals surface area contributed by atoms with Gasteiger partial charge in [0.05, 0.1) is 56.2 Å². The second-order valence-electron chi connectivity index (χ2n) is 12.6. The number of aliphatic hydroxyl groups is 1. The molecule has 1 saturated carbocycles. The van der Waals surface area contributed by atoms with E-state index in [0.717, 1.165) is 16.7 Å². The molecule has 0 aromatic heterocycles. The van der Waals surface area contributed by atoms with E-state index in [1.165, 1.54) is 0 Å². The molecular formula is C37H45N3O8. The molecule has 48 heavy (non-hydrogen) atoms. The summed E-state index contributed by atoms with van der Waals surface area (Å²) < 4.78 is 38.1. The molecule has 0 amide bonds. The van der Waals surface area contributed by atoms with Gasteiger partial charge in [-0.05, 0) is 55.8 Å². The topological polar surface area (TPSA) is 141 Å². The minimum Gasteiger partial charge on any atom is -0.463 e. The standard InChI is InChI=1S/C37H45N3O8/c1-24(2)46-36(42)29-19-30(39-40-38)33(31(41)20-29)48-37-35(45-23-28-17-11-6-12-18-28)34(44-22-27-15-9-5-10-16-27)32(25(3)47-37)43-21-26-13-7-4-8-14-26/h4-18,24-25,29-35,37,41H,19-23H2,1-3H3/t25-,29+,30-,31+,32+,33+,34+,35-,37-/m0/s1. The Hall–Kier alpha value is -3.80. The molecule has 0 radical (unpaired) electrons. The van der Waals surface area contributed by atoms with Gasteiger partial charge in [0.2, 0.25) is 0 Å². The third kappa shape index (κ3) is 9.64. The number of carbonyl (C=O) groups excluding carboxylic acids is 1. The third-order valence-corrected chi connectivity index (χ3v) is 8.57. The highest BCUT2D eigenvalue weighted by Crippen LogP contribution is 2.36. The minimum absolute atomic E-state index is 0.0855. The SMILES string of the molecule is CC(C)OC(=O)[C@H]1C[C@@H](O)[C@H](O[C@@H]2O[C@@H](C)[C@@H](OCc3ccccc3)[C@@H](OCc3ccccc3)[C@@H]2OCc2ccccc2)[C@@H](N=[N+]=[N-])C1. The van der Waals surface area contributed by atoms with Crippen LogP contribution in [0.25, 0.3) is 10.4 Å². The van der Waals surface area contributed by atoms with Crippen LogP contribution in [0.15, 0.2) is 96.1 Å². The summed E-state index contributed by atoms with van der Waals surface area (Å²) in [5.41, 5.74) is 12.3. The van der Waals surface area contributed by atoms with Gasteiger partial charge in [-0.25, -0.2) is 0 Å². The summed E-state index contributed by atoms with van der Waals surface area (Å²) in [6.07, 6.45) is -5.73. The van der Waals surface area contributed by atoms with E-state index in [9.17, 15) is 15.4 Å². The average molecular weight is 660 g/mol. The molecule has 2 aliphatic rings. The number of esters is 1. The second-order valence-corrected chi connectivity index (χ2v) is 12.6. The van der Waals surface area contributed by atoms with E-state index in [4.69, 9.17) is 28.4 Å². The number of benzene rings is 3. The van der Waals surface area contributed by atoms with Crippen molar-refractivity contribution in [3.05, 3.63) is 118 Å². The van der Waals surface area contributed by atoms with E-state index in [0.29, 0.717) is 6.61 Å². The largest absolute Gasteiger partial charge is 0.463 e. The fourth-order valence-electron chi connectivity index (χ4n) is 6.22. The van der Waals surface area contributed by atoms with E-state index in [1.54, 1.807) is 13.8 Å². The van der Waals surface area contributed by atoms with Crippen molar-refractivity contribution in [3.63, 3.8) is 0 Å². The lowest BCUT2D eigenvalue weighted by molar-refractivity contribution is -0.336. The van der Waals surface area contributed by atoms with E-state index >= 15 is 0 Å². The first kappa shape index (κ1) is 35.5. The Labute approximate surface area is 281 Å². The molecule has 11 nitrogen and oxygen atoms in total. The van der Waals surface area contributed by atoms with E-state index in [1.807, 2.05) is 97.9 Å². The molecule has 1 heterocycles. The molecule has 1 aliphatic carbocycles. The molecule has 5 rings (SSSR count). The summed E-state index contributed by atoms with van der Waals surface area (Å²) in [7, 11) is 0. The number of ether oxygens (including phenoxy) is 6. The fourth-order valence-corrected chi connectivity index (χ4v) is 6.22. The molecule has 9 atom stereocenters. The van der Waals surface area contributed by atoms with Gasteiger partial charge in [0.25, 0.3) is 0 Å². The molecule has 0 spiro atoms. The number of nitrogens with zero attached hydrogens (tertiary/aromatic N) is 3. The van der Waals surface area contributed by atoms with Crippen LogP contribution < -0.4 is 0 Å². The van der Waals surface area contributed by atoms with Gasteiger partial charge in [0.15, 0.2) is 6.29 Å². The van der Waals surface area contributed by atoms with Gasteiger partial charge in [-0.15, -0.1) is 0 Å². The first-order chi connectivity index (χ1) is 23.3. The third-order valence-electron chi connectivity index (χ3n) is 8.57. The fraction of sp³-hybridized carbons (Fsp3) is 0.486. The van der Waals surface area contributed by atoms with E-state index in [2.05, 4.69) is 10.0 Å². The Bertz CT molecular complexity index is 1460. The highest BCUT2D eigenvalue weighted by atomic mass is 16.7. The molecule has 3 aromatic carbocycles. The summed E-state index contributed by atoms with van der Waals surface area (Å²) in [4.78, 5) is 15.8. The van der Waals surface area contributed by atoms with Gasteiger partial charge in [-0.2, -0.15) is 0 Å². The Kier molecular flexibility index (Phi) is 13.0. The smallest absolute Gasteiger partial charge is 0.309 e. The zero-order chi connectivity index (χ0) is 33.9. The lowest BCUT2D eigenvalue weighted by atomic mass is 9.82. The lowest BCUT2D eigenvalue weighted by Crippen LogP contribution is -2.62. The van der Waals surface area contributed by atoms with Crippen LogP contribution in [0.1, 0.15) is 50.3 Å². The highest BCUT2D eigenvalue weighted by Gasteiger charge is 2.50. The van der Waals surface area contributed by atoms with Crippen molar-refractivity contribution in [1.29, 1.82) is 0 Å². The Morgan fingerprint density at radius 2 is 1.31 bits per heavy atom. The Morgan fingerprint density at radius 3 is 1.81 bits per heavy atom. The first-order valence-corrected chi connectivity index (χ1v) is 16.5. The summed E-state index contributed by atoms with van der Waals surface area (Å²) >= 11 is 0. The van der Waals surface area contributed by atoms with E-state index in [-0.39, 0.29) is 32.2 Å². The first-order valence-electron chi connectivity index (χ1n) is 16.5. The highest BCUT2D eigenvalue weighted by molar-refractivity contribution is 5.73. The van der Waals surface area contributed by atoms with Gasteiger partial charge in [-0.3, -0.25) is 4.79 Å². The quantitative estimate of drug-likeness (QED) is 0.0924. The molecule has 3 aromatic rings. The normalized spacial score (nSPS) is 28.8. The van der Waals surface area contributed by atoms with Crippen LogP contribution in [0.4, 0.5) is 0 Å². The number of hydrogen-bond acceptors (Lipinski definition) is 9. The lowest BCUT2D eigenvalue weighted by Gasteiger charge is -2.47. The van der Waals surface area contributed by atoms with Gasteiger partial charge in [0.1, 0.15) is 18.3 Å². The second kappa shape index (κ2) is 17.6. The van der Waals surface area contributed by atoms with Crippen LogP contribution in [0.3, 0.4) is 0 Å². The summed E-state index contributed by atoms with van der Waals surface area (Å²) in [5, 5.41) is 15.3. The van der Waals surface area contributed by atoms with Crippen LogP contribution in [0.2, 0.25) is 0 Å². The zero-order valence-corrected chi connectivity index (χ0v) is 27.6. The number of hydrogen-bond donors (Lipinski definition) is 1. The maximum atomic E-state index is 12.8. The predicted octanol–water partition coefficient (Wildman–Crippen LogP) is 6.27. The molecule has 1 saturated heterocycles. The van der Waals surface area contributed by atoms with Crippen LogP contribution in [-0.4, -0.2) is 66.1 Å². The molecule has 11 heteroatoms. The molecule has 0 bridgehead atoms. The van der Waals surface area contributed by atoms with Crippen LogP contribution in [-0.2, 0) is 53.0 Å².